The number of hydrogen-bond donors (Lipinski definition) is 0. The summed E-state index contributed by atoms with van der Waals surface area (Å²) in [4.78, 5) is 7.38. The van der Waals surface area contributed by atoms with Gasteiger partial charge >= 0.3 is 0 Å². The van der Waals surface area contributed by atoms with Gasteiger partial charge in [-0.15, -0.1) is 0 Å². The monoisotopic (exact) mass is 1850 g/mol. The first kappa shape index (κ1) is 86.8. The fourth-order valence-electron chi connectivity index (χ4n) is 23.4. The number of nitrogens with zero attached hydrogens (tertiary/aromatic N) is 3. The maximum absolute atomic E-state index is 2.53. The van der Waals surface area contributed by atoms with Gasteiger partial charge in [0.25, 0.3) is 0 Å². The molecular formula is C142H99N3. The van der Waals surface area contributed by atoms with Crippen molar-refractivity contribution >= 4 is 83.5 Å². The number of fused-ring (bicyclic) bond motifs is 9. The Morgan fingerprint density at radius 3 is 0.855 bits per heavy atom. The highest BCUT2D eigenvalue weighted by molar-refractivity contribution is 6.09. The molecule has 0 N–H and O–H groups in total. The minimum Gasteiger partial charge on any atom is -0.310 e. The molecule has 3 heteroatoms. The van der Waals surface area contributed by atoms with Gasteiger partial charge < -0.3 is 14.7 Å². The van der Waals surface area contributed by atoms with Crippen molar-refractivity contribution in [3.05, 3.63) is 598 Å². The summed E-state index contributed by atoms with van der Waals surface area (Å²) >= 11 is 0. The molecule has 0 unspecified atom stereocenters. The molecule has 2 aliphatic carbocycles. The van der Waals surface area contributed by atoms with E-state index < -0.39 is 5.41 Å². The minimum absolute atomic E-state index is 0.366. The van der Waals surface area contributed by atoms with Crippen molar-refractivity contribution in [2.45, 2.75) is 24.7 Å². The Hall–Kier alpha value is -18.5. The van der Waals surface area contributed by atoms with E-state index in [1.807, 2.05) is 0 Å². The average Bonchev–Trinajstić information content (AvgIpc) is 1.53. The molecule has 26 rings (SSSR count). The van der Waals surface area contributed by atoms with E-state index in [4.69, 9.17) is 0 Å². The summed E-state index contributed by atoms with van der Waals surface area (Å²) in [6, 6.07) is 210. The molecule has 0 saturated heterocycles. The van der Waals surface area contributed by atoms with Gasteiger partial charge in [-0.05, 0) is 314 Å². The van der Waals surface area contributed by atoms with Crippen LogP contribution in [0.2, 0.25) is 0 Å². The van der Waals surface area contributed by atoms with Crippen molar-refractivity contribution in [2.75, 3.05) is 14.7 Å². The van der Waals surface area contributed by atoms with Gasteiger partial charge in [-0.2, -0.15) is 0 Å². The predicted octanol–water partition coefficient (Wildman–Crippen LogP) is 38.9. The summed E-state index contributed by atoms with van der Waals surface area (Å²) in [5, 5.41) is 7.20. The van der Waals surface area contributed by atoms with Crippen LogP contribution in [0.3, 0.4) is 0 Å². The van der Waals surface area contributed by atoms with Gasteiger partial charge in [0.2, 0.25) is 0 Å². The molecule has 0 amide bonds. The maximum atomic E-state index is 2.53. The van der Waals surface area contributed by atoms with Gasteiger partial charge in [0.15, 0.2) is 0 Å². The average molecular weight is 1850 g/mol. The summed E-state index contributed by atoms with van der Waals surface area (Å²) in [7, 11) is 0. The first-order valence-corrected chi connectivity index (χ1v) is 50.3. The fraction of sp³-hybridized carbons (Fsp3) is 0.0282. The molecule has 0 bridgehead atoms. The molecule has 24 aromatic rings. The van der Waals surface area contributed by atoms with Gasteiger partial charge in [0.1, 0.15) is 0 Å². The largest absolute Gasteiger partial charge is 0.310 e. The molecule has 0 saturated carbocycles. The third-order valence-corrected chi connectivity index (χ3v) is 30.3. The summed E-state index contributed by atoms with van der Waals surface area (Å²) in [5.74, 6) is 0. The van der Waals surface area contributed by atoms with Gasteiger partial charge in [-0.1, -0.05) is 463 Å². The Morgan fingerprint density at radius 2 is 0.407 bits per heavy atom. The Bertz CT molecular complexity index is 8970. The second-order valence-corrected chi connectivity index (χ2v) is 38.9. The van der Waals surface area contributed by atoms with E-state index in [1.165, 1.54) is 160 Å². The summed E-state index contributed by atoms with van der Waals surface area (Å²) in [6.45, 7) is 4.84. The number of rotatable bonds is 21. The van der Waals surface area contributed by atoms with Crippen LogP contribution in [0.4, 0.5) is 51.2 Å². The maximum Gasteiger partial charge on any atom is 0.0714 e. The molecular weight excluding hydrogens is 1750 g/mol. The van der Waals surface area contributed by atoms with Crippen LogP contribution >= 0.6 is 0 Å². The molecule has 0 aliphatic heterocycles. The van der Waals surface area contributed by atoms with Crippen LogP contribution in [0.5, 0.6) is 0 Å². The Morgan fingerprint density at radius 1 is 0.145 bits per heavy atom. The lowest BCUT2D eigenvalue weighted by Crippen LogP contribution is -2.28. The van der Waals surface area contributed by atoms with Crippen LogP contribution in [0.1, 0.15) is 47.2 Å². The predicted molar refractivity (Wildman–Crippen MR) is 612 cm³/mol. The fourth-order valence-corrected chi connectivity index (χ4v) is 23.4. The highest BCUT2D eigenvalue weighted by Crippen LogP contribution is 2.61. The highest BCUT2D eigenvalue weighted by Gasteiger charge is 2.47. The van der Waals surface area contributed by atoms with Crippen molar-refractivity contribution < 1.29 is 0 Å². The third kappa shape index (κ3) is 15.5. The molecule has 24 aromatic carbocycles. The molecule has 682 valence electrons. The van der Waals surface area contributed by atoms with Crippen LogP contribution in [0, 0.1) is 0 Å². The van der Waals surface area contributed by atoms with Gasteiger partial charge in [-0.3, -0.25) is 0 Å². The smallest absolute Gasteiger partial charge is 0.0714 e. The van der Waals surface area contributed by atoms with Crippen molar-refractivity contribution in [1.82, 2.24) is 0 Å². The van der Waals surface area contributed by atoms with E-state index in [2.05, 4.69) is 593 Å². The molecule has 0 heterocycles. The lowest BCUT2D eigenvalue weighted by molar-refractivity contribution is 0.661. The standard InChI is InChI=1S/C142H99N3/c1-141(2)136-89-75-110(93-135(136)134-60-31-61-139(140(134)141)145(117-82-72-104(73-83-117)99-38-15-6-16-39-99)120-51-27-42-107(92-120)123-55-28-41-106-40-21-22-52-122(106)123)125-57-30-58-130-124(56-29-59-131(125)130)108-43-25-50-119(90-108)144(116-80-68-103(69-81-116)98-36-13-5-14-37-98)121-84-86-133-132-85-74-111(94-137(132)142(138(133)95-121,112-45-17-7-18-46-112)113-47-19-8-20-48-113)127-88-87-126(128-53-23-24-54-129(127)128)109-44-26-49-118(91-109)143(114-76-66-102(67-77-114)97-34-11-4-12-35-97)115-78-70-105(71-79-115)101-64-62-100(63-65-101)96-32-9-3-10-33-96/h3-95H,1-2H3. The lowest BCUT2D eigenvalue weighted by atomic mass is 9.67. The van der Waals surface area contributed by atoms with Crippen LogP contribution in [-0.2, 0) is 10.8 Å². The van der Waals surface area contributed by atoms with Crippen molar-refractivity contribution in [3.8, 4) is 134 Å². The lowest BCUT2D eigenvalue weighted by Gasteiger charge is -2.35. The SMILES string of the molecule is CC1(C)c2ccc(-c3cccc4c(-c5cccc(N(c6ccc(-c7ccccc7)cc6)c6ccc7c(c6)C(c6ccccc6)(c6ccccc6)c6cc(-c8ccc(-c9cccc(N(c%10ccc(-c%11ccccc%11)cc%10)c%10ccc(-c%11ccc(-c%12ccccc%12)cc%11)cc%10)c9)c9ccccc89)ccc6-7)c5)cccc34)cc2-c2cccc(N(c3ccc(-c4ccccc4)cc3)c3cccc(-c4cccc5ccccc45)c3)c21. The van der Waals surface area contributed by atoms with Crippen molar-refractivity contribution in [1.29, 1.82) is 0 Å². The zero-order chi connectivity index (χ0) is 96.5. The topological polar surface area (TPSA) is 9.72 Å². The van der Waals surface area contributed by atoms with E-state index in [1.54, 1.807) is 0 Å². The van der Waals surface area contributed by atoms with E-state index in [-0.39, 0.29) is 5.41 Å². The molecule has 0 radical (unpaired) electrons. The van der Waals surface area contributed by atoms with E-state index >= 15 is 0 Å². The molecule has 2 aliphatic rings. The zero-order valence-corrected chi connectivity index (χ0v) is 80.5. The number of anilines is 9. The molecule has 0 atom stereocenters. The Kier molecular flexibility index (Phi) is 21.9. The van der Waals surface area contributed by atoms with Gasteiger partial charge in [0.05, 0.1) is 11.1 Å². The molecule has 145 heavy (non-hydrogen) atoms. The van der Waals surface area contributed by atoms with Crippen molar-refractivity contribution in [3.63, 3.8) is 0 Å². The summed E-state index contributed by atoms with van der Waals surface area (Å²) in [5.41, 5.74) is 44.3. The van der Waals surface area contributed by atoms with Gasteiger partial charge in [0, 0.05) is 50.9 Å². The number of hydrogen-bond acceptors (Lipinski definition) is 3. The van der Waals surface area contributed by atoms with E-state index in [0.717, 1.165) is 90.1 Å². The normalized spacial score (nSPS) is 12.5. The van der Waals surface area contributed by atoms with Gasteiger partial charge in [-0.25, -0.2) is 0 Å². The van der Waals surface area contributed by atoms with Crippen LogP contribution < -0.4 is 14.7 Å². The molecule has 0 fully saturated rings. The molecule has 0 aromatic heterocycles. The molecule has 3 nitrogen and oxygen atoms in total. The Labute approximate surface area is 847 Å². The van der Waals surface area contributed by atoms with E-state index in [0.29, 0.717) is 0 Å². The highest BCUT2D eigenvalue weighted by atomic mass is 15.2. The summed E-state index contributed by atoms with van der Waals surface area (Å²) in [6.07, 6.45) is 0. The summed E-state index contributed by atoms with van der Waals surface area (Å²) < 4.78 is 0. The second-order valence-electron chi connectivity index (χ2n) is 38.9. The van der Waals surface area contributed by atoms with Crippen LogP contribution in [-0.4, -0.2) is 0 Å². The van der Waals surface area contributed by atoms with Crippen LogP contribution in [0.25, 0.3) is 166 Å². The quantitative estimate of drug-likeness (QED) is 0.0710. The zero-order valence-electron chi connectivity index (χ0n) is 80.5. The van der Waals surface area contributed by atoms with Crippen molar-refractivity contribution in [2.24, 2.45) is 0 Å². The number of benzene rings is 24. The first-order chi connectivity index (χ1) is 71.6. The van der Waals surface area contributed by atoms with E-state index in [9.17, 15) is 0 Å². The molecule has 0 spiro atoms. The minimum atomic E-state index is -0.769. The second kappa shape index (κ2) is 36.6. The Balaban J connectivity index is 0.561. The first-order valence-electron chi connectivity index (χ1n) is 50.3. The third-order valence-electron chi connectivity index (χ3n) is 30.3. The van der Waals surface area contributed by atoms with Crippen LogP contribution in [0.15, 0.2) is 564 Å².